The van der Waals surface area contributed by atoms with Crippen molar-refractivity contribution < 1.29 is 9.53 Å². The Morgan fingerprint density at radius 1 is 1.61 bits per heavy atom. The van der Waals surface area contributed by atoms with Crippen molar-refractivity contribution in [2.24, 2.45) is 0 Å². The molecule has 9 heteroatoms. The lowest BCUT2D eigenvalue weighted by Crippen LogP contribution is -2.14. The molecule has 2 heterocycles. The zero-order valence-electron chi connectivity index (χ0n) is 9.07. The Morgan fingerprint density at radius 3 is 3.06 bits per heavy atom. The molecule has 0 saturated heterocycles. The summed E-state index contributed by atoms with van der Waals surface area (Å²) in [5.74, 6) is -0.291. The molecule has 2 aromatic rings. The van der Waals surface area contributed by atoms with Crippen LogP contribution in [0.3, 0.4) is 0 Å². The highest BCUT2D eigenvalue weighted by molar-refractivity contribution is 9.10. The molecule has 0 radical (unpaired) electrons. The Bertz CT molecular complexity index is 588. The van der Waals surface area contributed by atoms with Crippen LogP contribution in [-0.4, -0.2) is 33.2 Å². The van der Waals surface area contributed by atoms with E-state index in [1.807, 2.05) is 0 Å². The Labute approximate surface area is 115 Å². The molecular formula is C9H7BrClN5O2. The van der Waals surface area contributed by atoms with E-state index in [1.54, 1.807) is 6.07 Å². The van der Waals surface area contributed by atoms with Crippen LogP contribution in [0, 0.1) is 0 Å². The molecule has 0 aliphatic rings. The number of anilines is 1. The number of halogens is 2. The molecule has 2 rings (SSSR count). The molecule has 0 unspecified atom stereocenters. The molecule has 2 N–H and O–H groups in total. The van der Waals surface area contributed by atoms with Gasteiger partial charge >= 0.3 is 6.01 Å². The van der Waals surface area contributed by atoms with Crippen molar-refractivity contribution in [1.29, 1.82) is 0 Å². The summed E-state index contributed by atoms with van der Waals surface area (Å²) in [6.45, 7) is 0. The van der Waals surface area contributed by atoms with Gasteiger partial charge in [-0.3, -0.25) is 10.1 Å². The Morgan fingerprint density at radius 2 is 2.39 bits per heavy atom. The zero-order valence-corrected chi connectivity index (χ0v) is 11.4. The molecule has 0 aromatic carbocycles. The first kappa shape index (κ1) is 12.8. The number of ether oxygens (including phenoxy) is 1. The lowest BCUT2D eigenvalue weighted by molar-refractivity contribution is 0.102. The predicted molar refractivity (Wildman–Crippen MR) is 67.8 cm³/mol. The summed E-state index contributed by atoms with van der Waals surface area (Å²) in [6, 6.07) is 1.68. The average molecular weight is 333 g/mol. The van der Waals surface area contributed by atoms with Gasteiger partial charge in [-0.1, -0.05) is 11.6 Å². The Kier molecular flexibility index (Phi) is 3.78. The number of hydrogen-bond acceptors (Lipinski definition) is 5. The molecular weight excluding hydrogens is 325 g/mol. The minimum absolute atomic E-state index is 0.0992. The highest BCUT2D eigenvalue weighted by Crippen LogP contribution is 2.19. The van der Waals surface area contributed by atoms with Crippen LogP contribution >= 0.6 is 27.5 Å². The van der Waals surface area contributed by atoms with Gasteiger partial charge in [0.2, 0.25) is 5.95 Å². The van der Waals surface area contributed by atoms with Crippen molar-refractivity contribution in [3.8, 4) is 6.01 Å². The van der Waals surface area contributed by atoms with E-state index in [1.165, 1.54) is 13.3 Å². The number of nitrogens with one attached hydrogen (secondary N) is 2. The van der Waals surface area contributed by atoms with E-state index in [4.69, 9.17) is 16.3 Å². The van der Waals surface area contributed by atoms with Gasteiger partial charge in [-0.2, -0.15) is 4.98 Å². The fourth-order valence-electron chi connectivity index (χ4n) is 1.15. The van der Waals surface area contributed by atoms with Crippen molar-refractivity contribution in [3.05, 3.63) is 27.5 Å². The van der Waals surface area contributed by atoms with Gasteiger partial charge in [0.25, 0.3) is 5.91 Å². The van der Waals surface area contributed by atoms with E-state index in [2.05, 4.69) is 41.4 Å². The standard InChI is InChI=1S/C9H7BrClN5O2/c1-18-9-14-8(15-16-9)13-7(17)5-2-4(10)3-12-6(5)11/h2-3H,1H3,(H2,13,14,15,16,17). The maximum Gasteiger partial charge on any atom is 0.336 e. The van der Waals surface area contributed by atoms with Gasteiger partial charge < -0.3 is 4.74 Å². The number of amides is 1. The number of pyridine rings is 1. The first-order valence-corrected chi connectivity index (χ1v) is 5.86. The molecule has 94 valence electrons. The van der Waals surface area contributed by atoms with E-state index < -0.39 is 5.91 Å². The van der Waals surface area contributed by atoms with E-state index in [0.717, 1.165) is 0 Å². The maximum atomic E-state index is 11.9. The van der Waals surface area contributed by atoms with Crippen molar-refractivity contribution in [1.82, 2.24) is 20.2 Å². The molecule has 7 nitrogen and oxygen atoms in total. The van der Waals surface area contributed by atoms with Crippen LogP contribution in [-0.2, 0) is 0 Å². The number of carbonyl (C=O) groups is 1. The lowest BCUT2D eigenvalue weighted by atomic mass is 10.3. The third-order valence-corrected chi connectivity index (χ3v) is 2.66. The van der Waals surface area contributed by atoms with Gasteiger partial charge in [0.05, 0.1) is 12.7 Å². The molecule has 0 fully saturated rings. The quantitative estimate of drug-likeness (QED) is 0.837. The number of rotatable bonds is 3. The third-order valence-electron chi connectivity index (χ3n) is 1.93. The first-order valence-electron chi connectivity index (χ1n) is 4.69. The fourth-order valence-corrected chi connectivity index (χ4v) is 1.67. The molecule has 0 aliphatic carbocycles. The van der Waals surface area contributed by atoms with Crippen LogP contribution in [0.25, 0.3) is 0 Å². The molecule has 0 spiro atoms. The van der Waals surface area contributed by atoms with Crippen LogP contribution in [0.4, 0.5) is 5.95 Å². The minimum Gasteiger partial charge on any atom is -0.466 e. The number of aromatic amines is 1. The van der Waals surface area contributed by atoms with E-state index in [-0.39, 0.29) is 22.7 Å². The van der Waals surface area contributed by atoms with Crippen molar-refractivity contribution in [2.75, 3.05) is 12.4 Å². The summed E-state index contributed by atoms with van der Waals surface area (Å²) in [7, 11) is 1.42. The molecule has 0 saturated carbocycles. The summed E-state index contributed by atoms with van der Waals surface area (Å²) < 4.78 is 5.42. The van der Waals surface area contributed by atoms with Gasteiger partial charge in [-0.05, 0) is 22.0 Å². The highest BCUT2D eigenvalue weighted by atomic mass is 79.9. The van der Waals surface area contributed by atoms with Gasteiger partial charge in [-0.25, -0.2) is 10.1 Å². The number of hydrogen-bond donors (Lipinski definition) is 2. The second-order valence-electron chi connectivity index (χ2n) is 3.12. The van der Waals surface area contributed by atoms with Crippen LogP contribution < -0.4 is 10.1 Å². The van der Waals surface area contributed by atoms with Crippen LogP contribution in [0.2, 0.25) is 5.15 Å². The van der Waals surface area contributed by atoms with E-state index in [9.17, 15) is 4.79 Å². The number of H-pyrrole nitrogens is 1. The molecule has 1 amide bonds. The largest absolute Gasteiger partial charge is 0.466 e. The van der Waals surface area contributed by atoms with Gasteiger partial charge in [0.1, 0.15) is 5.15 Å². The molecule has 0 atom stereocenters. The molecule has 0 aliphatic heterocycles. The molecule has 2 aromatic heterocycles. The second kappa shape index (κ2) is 5.32. The monoisotopic (exact) mass is 331 g/mol. The zero-order chi connectivity index (χ0) is 13.1. The van der Waals surface area contributed by atoms with Crippen molar-refractivity contribution >= 4 is 39.4 Å². The lowest BCUT2D eigenvalue weighted by Gasteiger charge is -2.03. The Balaban J connectivity index is 2.19. The number of methoxy groups -OCH3 is 1. The predicted octanol–water partition coefficient (Wildman–Crippen LogP) is 1.88. The minimum atomic E-state index is -0.451. The van der Waals surface area contributed by atoms with Crippen LogP contribution in [0.15, 0.2) is 16.7 Å². The third kappa shape index (κ3) is 2.77. The van der Waals surface area contributed by atoms with Gasteiger partial charge in [0, 0.05) is 10.7 Å². The molecule has 18 heavy (non-hydrogen) atoms. The fraction of sp³-hybridized carbons (Fsp3) is 0.111. The smallest absolute Gasteiger partial charge is 0.336 e. The van der Waals surface area contributed by atoms with Crippen LogP contribution in [0.5, 0.6) is 6.01 Å². The summed E-state index contributed by atoms with van der Waals surface area (Å²) in [4.78, 5) is 19.6. The second-order valence-corrected chi connectivity index (χ2v) is 4.39. The van der Waals surface area contributed by atoms with Crippen LogP contribution in [0.1, 0.15) is 10.4 Å². The van der Waals surface area contributed by atoms with Crippen molar-refractivity contribution in [3.63, 3.8) is 0 Å². The first-order chi connectivity index (χ1) is 8.60. The van der Waals surface area contributed by atoms with Gasteiger partial charge in [0.15, 0.2) is 0 Å². The van der Waals surface area contributed by atoms with E-state index in [0.29, 0.717) is 4.47 Å². The number of nitrogens with zero attached hydrogens (tertiary/aromatic N) is 3. The maximum absolute atomic E-state index is 11.9. The SMILES string of the molecule is COc1n[nH]c(NC(=O)c2cc(Br)cnc2Cl)n1. The summed E-state index contributed by atoms with van der Waals surface area (Å²) in [5, 5.41) is 8.78. The average Bonchev–Trinajstić information content (AvgIpc) is 2.80. The van der Waals surface area contributed by atoms with Gasteiger partial charge in [-0.15, -0.1) is 5.10 Å². The topological polar surface area (TPSA) is 92.8 Å². The Hall–Kier alpha value is -1.67. The highest BCUT2D eigenvalue weighted by Gasteiger charge is 2.14. The number of aromatic nitrogens is 4. The number of carbonyl (C=O) groups excluding carboxylic acids is 1. The normalized spacial score (nSPS) is 10.2. The summed E-state index contributed by atoms with van der Waals surface area (Å²) >= 11 is 9.03. The summed E-state index contributed by atoms with van der Waals surface area (Å²) in [5.41, 5.74) is 0.224. The van der Waals surface area contributed by atoms with E-state index >= 15 is 0 Å². The van der Waals surface area contributed by atoms with Crippen molar-refractivity contribution in [2.45, 2.75) is 0 Å². The molecule has 0 bridgehead atoms. The summed E-state index contributed by atoms with van der Waals surface area (Å²) in [6.07, 6.45) is 1.50.